The number of anilines is 1. The van der Waals surface area contributed by atoms with Gasteiger partial charge in [0.05, 0.1) is 32.3 Å². The first-order chi connectivity index (χ1) is 10.4. The van der Waals surface area contributed by atoms with E-state index < -0.39 is 10.0 Å². The van der Waals surface area contributed by atoms with Gasteiger partial charge in [-0.25, -0.2) is 8.42 Å². The molecule has 2 rings (SSSR count). The summed E-state index contributed by atoms with van der Waals surface area (Å²) < 4.78 is 36.0. The summed E-state index contributed by atoms with van der Waals surface area (Å²) in [5.41, 5.74) is 0.346. The number of phenols is 1. The fourth-order valence-electron chi connectivity index (χ4n) is 2.40. The molecule has 1 aliphatic heterocycles. The van der Waals surface area contributed by atoms with Crippen molar-refractivity contribution in [3.05, 3.63) is 18.2 Å². The molecule has 1 fully saturated rings. The molecule has 0 aliphatic carbocycles. The van der Waals surface area contributed by atoms with E-state index in [1.54, 1.807) is 6.07 Å². The minimum absolute atomic E-state index is 0.00387. The lowest BCUT2D eigenvalue weighted by Gasteiger charge is -2.30. The predicted octanol–water partition coefficient (Wildman–Crippen LogP) is 0.499. The van der Waals surface area contributed by atoms with Gasteiger partial charge in [0.2, 0.25) is 10.0 Å². The molecule has 0 amide bonds. The minimum atomic E-state index is -3.48. The molecule has 0 aromatic heterocycles. The Labute approximate surface area is 131 Å². The third-order valence-corrected chi connectivity index (χ3v) is 4.73. The van der Waals surface area contributed by atoms with Crippen LogP contribution in [0.1, 0.15) is 0 Å². The van der Waals surface area contributed by atoms with Crippen molar-refractivity contribution in [3.63, 3.8) is 0 Å². The number of sulfonamides is 1. The van der Waals surface area contributed by atoms with E-state index in [0.29, 0.717) is 37.7 Å². The first-order valence-corrected chi connectivity index (χ1v) is 8.91. The Morgan fingerprint density at radius 1 is 1.36 bits per heavy atom. The standard InChI is InChI=1S/C14H22N2O5S/c1-20-14-4-3-12(17)11-13(14)16(22(2,18)19)6-5-15-7-9-21-10-8-15/h3-4,11,17H,5-10H2,1-2H3. The van der Waals surface area contributed by atoms with Gasteiger partial charge in [0.15, 0.2) is 0 Å². The van der Waals surface area contributed by atoms with Crippen molar-refractivity contribution in [2.45, 2.75) is 0 Å². The van der Waals surface area contributed by atoms with Crippen LogP contribution in [-0.4, -0.2) is 71.2 Å². The number of hydrogen-bond acceptors (Lipinski definition) is 6. The fraction of sp³-hybridized carbons (Fsp3) is 0.571. The molecule has 22 heavy (non-hydrogen) atoms. The SMILES string of the molecule is COc1ccc(O)cc1N(CCN1CCOCC1)S(C)(=O)=O. The fourth-order valence-corrected chi connectivity index (χ4v) is 3.31. The molecule has 0 saturated carbocycles. The lowest BCUT2D eigenvalue weighted by Crippen LogP contribution is -2.43. The first kappa shape index (κ1) is 16.9. The Balaban J connectivity index is 2.21. The highest BCUT2D eigenvalue weighted by Crippen LogP contribution is 2.33. The summed E-state index contributed by atoms with van der Waals surface area (Å²) >= 11 is 0. The number of hydrogen-bond donors (Lipinski definition) is 1. The molecule has 1 aromatic rings. The van der Waals surface area contributed by atoms with Crippen molar-refractivity contribution in [2.24, 2.45) is 0 Å². The van der Waals surface area contributed by atoms with Crippen LogP contribution >= 0.6 is 0 Å². The van der Waals surface area contributed by atoms with E-state index in [2.05, 4.69) is 4.90 Å². The van der Waals surface area contributed by atoms with E-state index in [1.165, 1.54) is 23.5 Å². The maximum absolute atomic E-state index is 12.1. The Kier molecular flexibility index (Phi) is 5.49. The molecule has 0 spiro atoms. The van der Waals surface area contributed by atoms with Crippen LogP contribution in [0.4, 0.5) is 5.69 Å². The molecule has 0 unspecified atom stereocenters. The molecule has 7 nitrogen and oxygen atoms in total. The maximum Gasteiger partial charge on any atom is 0.232 e. The summed E-state index contributed by atoms with van der Waals surface area (Å²) in [6.45, 7) is 3.78. The molecule has 0 radical (unpaired) electrons. The highest BCUT2D eigenvalue weighted by atomic mass is 32.2. The van der Waals surface area contributed by atoms with E-state index in [0.717, 1.165) is 19.3 Å². The number of aromatic hydroxyl groups is 1. The molecule has 1 N–H and O–H groups in total. The average Bonchev–Trinajstić information content (AvgIpc) is 2.47. The maximum atomic E-state index is 12.1. The molecule has 1 aromatic carbocycles. The van der Waals surface area contributed by atoms with Crippen LogP contribution < -0.4 is 9.04 Å². The largest absolute Gasteiger partial charge is 0.508 e. The molecule has 1 saturated heterocycles. The van der Waals surface area contributed by atoms with Crippen molar-refractivity contribution in [3.8, 4) is 11.5 Å². The van der Waals surface area contributed by atoms with E-state index in [4.69, 9.17) is 9.47 Å². The van der Waals surface area contributed by atoms with Crippen molar-refractivity contribution < 1.29 is 23.0 Å². The quantitative estimate of drug-likeness (QED) is 0.818. The first-order valence-electron chi connectivity index (χ1n) is 7.06. The summed E-state index contributed by atoms with van der Waals surface area (Å²) in [5, 5.41) is 9.66. The molecular formula is C14H22N2O5S. The van der Waals surface area contributed by atoms with Gasteiger partial charge in [-0.3, -0.25) is 9.21 Å². The van der Waals surface area contributed by atoms with Gasteiger partial charge in [0.25, 0.3) is 0 Å². The summed E-state index contributed by atoms with van der Waals surface area (Å²) in [7, 11) is -2.01. The summed E-state index contributed by atoms with van der Waals surface area (Å²) in [4.78, 5) is 2.15. The number of nitrogens with zero attached hydrogens (tertiary/aromatic N) is 2. The van der Waals surface area contributed by atoms with Gasteiger partial charge in [0.1, 0.15) is 11.5 Å². The third-order valence-electron chi connectivity index (χ3n) is 3.55. The van der Waals surface area contributed by atoms with Gasteiger partial charge in [-0.05, 0) is 12.1 Å². The molecule has 124 valence electrons. The molecule has 8 heteroatoms. The van der Waals surface area contributed by atoms with Gasteiger partial charge in [-0.1, -0.05) is 0 Å². The number of benzene rings is 1. The smallest absolute Gasteiger partial charge is 0.232 e. The van der Waals surface area contributed by atoms with Crippen molar-refractivity contribution in [2.75, 3.05) is 57.1 Å². The zero-order chi connectivity index (χ0) is 16.2. The number of morpholine rings is 1. The normalized spacial score (nSPS) is 16.5. The van der Waals surface area contributed by atoms with Gasteiger partial charge < -0.3 is 14.6 Å². The van der Waals surface area contributed by atoms with Crippen LogP contribution in [0.5, 0.6) is 11.5 Å². The van der Waals surface area contributed by atoms with E-state index >= 15 is 0 Å². The summed E-state index contributed by atoms with van der Waals surface area (Å²) in [6.07, 6.45) is 1.15. The van der Waals surface area contributed by atoms with Crippen LogP contribution in [0.15, 0.2) is 18.2 Å². The van der Waals surface area contributed by atoms with Crippen LogP contribution in [0, 0.1) is 0 Å². The van der Waals surface area contributed by atoms with E-state index in [1.807, 2.05) is 0 Å². The average molecular weight is 330 g/mol. The number of methoxy groups -OCH3 is 1. The highest BCUT2D eigenvalue weighted by molar-refractivity contribution is 7.92. The van der Waals surface area contributed by atoms with Crippen LogP contribution in [0.2, 0.25) is 0 Å². The van der Waals surface area contributed by atoms with E-state index in [9.17, 15) is 13.5 Å². The van der Waals surface area contributed by atoms with Crippen molar-refractivity contribution in [1.29, 1.82) is 0 Å². The number of rotatable bonds is 6. The van der Waals surface area contributed by atoms with Gasteiger partial charge in [0, 0.05) is 32.2 Å². The van der Waals surface area contributed by atoms with Gasteiger partial charge in [-0.2, -0.15) is 0 Å². The predicted molar refractivity (Wildman–Crippen MR) is 84.1 cm³/mol. The van der Waals surface area contributed by atoms with Gasteiger partial charge in [-0.15, -0.1) is 0 Å². The van der Waals surface area contributed by atoms with E-state index in [-0.39, 0.29) is 5.75 Å². The zero-order valence-corrected chi connectivity index (χ0v) is 13.7. The molecule has 1 heterocycles. The Hall–Kier alpha value is -1.51. The van der Waals surface area contributed by atoms with Gasteiger partial charge >= 0.3 is 0 Å². The van der Waals surface area contributed by atoms with Crippen molar-refractivity contribution in [1.82, 2.24) is 4.90 Å². The monoisotopic (exact) mass is 330 g/mol. The lowest BCUT2D eigenvalue weighted by atomic mass is 10.2. The number of ether oxygens (including phenoxy) is 2. The molecule has 1 aliphatic rings. The Bertz CT molecular complexity index is 599. The lowest BCUT2D eigenvalue weighted by molar-refractivity contribution is 0.0395. The summed E-state index contributed by atoms with van der Waals surface area (Å²) in [6, 6.07) is 4.42. The minimum Gasteiger partial charge on any atom is -0.508 e. The zero-order valence-electron chi connectivity index (χ0n) is 12.9. The summed E-state index contributed by atoms with van der Waals surface area (Å²) in [5.74, 6) is 0.404. The number of phenolic OH excluding ortho intramolecular Hbond substituents is 1. The highest BCUT2D eigenvalue weighted by Gasteiger charge is 2.23. The second-order valence-electron chi connectivity index (χ2n) is 5.15. The van der Waals surface area contributed by atoms with Crippen LogP contribution in [0.25, 0.3) is 0 Å². The second kappa shape index (κ2) is 7.17. The topological polar surface area (TPSA) is 79.3 Å². The van der Waals surface area contributed by atoms with Crippen LogP contribution in [-0.2, 0) is 14.8 Å². The Morgan fingerprint density at radius 3 is 2.64 bits per heavy atom. The molecule has 0 atom stereocenters. The Morgan fingerprint density at radius 2 is 2.05 bits per heavy atom. The van der Waals surface area contributed by atoms with Crippen LogP contribution in [0.3, 0.4) is 0 Å². The third kappa shape index (κ3) is 4.25. The molecular weight excluding hydrogens is 308 g/mol. The second-order valence-corrected chi connectivity index (χ2v) is 7.05. The van der Waals surface area contributed by atoms with Crippen molar-refractivity contribution >= 4 is 15.7 Å². The molecule has 0 bridgehead atoms.